The van der Waals surface area contributed by atoms with Crippen LogP contribution < -0.4 is 14.2 Å². The smallest absolute Gasteiger partial charge is 0.229 e. The first-order valence-electron chi connectivity index (χ1n) is 13.0. The van der Waals surface area contributed by atoms with E-state index in [1.807, 2.05) is 0 Å². The van der Waals surface area contributed by atoms with Crippen LogP contribution >= 0.6 is 0 Å². The minimum atomic E-state index is -1.61. The second-order valence-electron chi connectivity index (χ2n) is 10.1. The Bertz CT molecular complexity index is 1200. The molecule has 5 rings (SSSR count). The Hall–Kier alpha value is -2.89. The van der Waals surface area contributed by atoms with Crippen LogP contribution in [0.4, 0.5) is 0 Å². The van der Waals surface area contributed by atoms with Gasteiger partial charge in [0.05, 0.1) is 25.2 Å². The molecule has 0 amide bonds. The van der Waals surface area contributed by atoms with Gasteiger partial charge in [0.15, 0.2) is 5.78 Å². The summed E-state index contributed by atoms with van der Waals surface area (Å²) >= 11 is 0. The van der Waals surface area contributed by atoms with E-state index in [0.717, 1.165) is 0 Å². The van der Waals surface area contributed by atoms with E-state index in [1.54, 1.807) is 24.3 Å². The van der Waals surface area contributed by atoms with E-state index in [1.165, 1.54) is 18.2 Å². The zero-order chi connectivity index (χ0) is 29.4. The van der Waals surface area contributed by atoms with E-state index >= 15 is 0 Å². The van der Waals surface area contributed by atoms with Gasteiger partial charge in [-0.2, -0.15) is 0 Å². The summed E-state index contributed by atoms with van der Waals surface area (Å²) < 4.78 is 28.0. The van der Waals surface area contributed by atoms with Crippen LogP contribution in [-0.2, 0) is 9.47 Å². The topological polar surface area (TPSA) is 225 Å². The Morgan fingerprint density at radius 1 is 0.683 bits per heavy atom. The molecule has 0 aliphatic carbocycles. The number of carbonyl (C=O) groups excluding carboxylic acids is 1. The molecule has 2 saturated heterocycles. The van der Waals surface area contributed by atoms with Gasteiger partial charge in [-0.15, -0.1) is 0 Å². The number of fused-ring (bicyclic) bond motifs is 1. The van der Waals surface area contributed by atoms with Gasteiger partial charge < -0.3 is 64.5 Å². The normalized spacial score (nSPS) is 37.2. The molecule has 14 nitrogen and oxygen atoms in total. The number of ether oxygens (including phenoxy) is 5. The molecule has 224 valence electrons. The minimum absolute atomic E-state index is 0.0346. The molecule has 0 bridgehead atoms. The monoisotopic (exact) mass is 580 g/mol. The molecular weight excluding hydrogens is 548 g/mol. The Balaban J connectivity index is 1.26. The summed E-state index contributed by atoms with van der Waals surface area (Å²) in [6.07, 6.45) is -15.1. The highest BCUT2D eigenvalue weighted by Crippen LogP contribution is 2.38. The molecule has 0 spiro atoms. The van der Waals surface area contributed by atoms with Crippen LogP contribution in [-0.4, -0.2) is 121 Å². The van der Waals surface area contributed by atoms with E-state index in [-0.39, 0.29) is 29.5 Å². The minimum Gasteiger partial charge on any atom is -0.484 e. The van der Waals surface area contributed by atoms with Crippen molar-refractivity contribution >= 4 is 5.78 Å². The molecule has 2 aromatic carbocycles. The van der Waals surface area contributed by atoms with Gasteiger partial charge in [-0.3, -0.25) is 4.79 Å². The molecular formula is C27H32O14. The quantitative estimate of drug-likeness (QED) is 0.173. The van der Waals surface area contributed by atoms with Gasteiger partial charge in [0.25, 0.3) is 0 Å². The maximum Gasteiger partial charge on any atom is 0.229 e. The van der Waals surface area contributed by atoms with Gasteiger partial charge in [0, 0.05) is 6.07 Å². The summed E-state index contributed by atoms with van der Waals surface area (Å²) in [5.41, 5.74) is 0.926. The lowest BCUT2D eigenvalue weighted by molar-refractivity contribution is -0.277. The van der Waals surface area contributed by atoms with E-state index < -0.39 is 80.7 Å². The first-order chi connectivity index (χ1) is 19.6. The summed E-state index contributed by atoms with van der Waals surface area (Å²) in [5, 5.41) is 79.0. The van der Waals surface area contributed by atoms with Crippen LogP contribution in [0.15, 0.2) is 42.5 Å². The van der Waals surface area contributed by atoms with Crippen molar-refractivity contribution in [2.45, 2.75) is 73.9 Å². The van der Waals surface area contributed by atoms with Gasteiger partial charge >= 0.3 is 0 Å². The largest absolute Gasteiger partial charge is 0.484 e. The third-order valence-electron chi connectivity index (χ3n) is 7.35. The van der Waals surface area contributed by atoms with Crippen LogP contribution in [0.5, 0.6) is 17.2 Å². The highest BCUT2D eigenvalue weighted by Gasteiger charge is 2.46. The van der Waals surface area contributed by atoms with E-state index in [2.05, 4.69) is 0 Å². The fraction of sp³-hybridized carbons (Fsp3) is 0.519. The van der Waals surface area contributed by atoms with Crippen LogP contribution in [0.2, 0.25) is 0 Å². The zero-order valence-electron chi connectivity index (χ0n) is 21.5. The second-order valence-corrected chi connectivity index (χ2v) is 10.1. The number of Topliss-reactive ketones (excluding diaryl/α,β-unsaturated/α-hetero) is 1. The standard InChI is InChI=1S/C27H32O14/c28-9-18-20(31)22(33)24(35)26(40-18)37-12-3-1-11(2-4-12)16-8-15(30)14-6-5-13(7-17(14)39-16)38-27-25(36)23(34)21(32)19(10-29)41-27/h1-7,16,18-29,31-36H,8-10H2/t16-,18-,19+,20-,21-,22+,23+,24-,25-,26-,27-/m1/s1. The third kappa shape index (κ3) is 5.89. The molecule has 14 heteroatoms. The van der Waals surface area contributed by atoms with Gasteiger partial charge in [-0.25, -0.2) is 0 Å². The van der Waals surface area contributed by atoms with Crippen molar-refractivity contribution < 1.29 is 69.3 Å². The fourth-order valence-electron chi connectivity index (χ4n) is 4.92. The number of rotatable bonds is 7. The number of carbonyl (C=O) groups is 1. The van der Waals surface area contributed by atoms with Gasteiger partial charge in [-0.05, 0) is 29.8 Å². The molecule has 2 aromatic rings. The summed E-state index contributed by atoms with van der Waals surface area (Å²) in [6.45, 7) is -1.20. The van der Waals surface area contributed by atoms with Crippen molar-refractivity contribution in [3.8, 4) is 17.2 Å². The Morgan fingerprint density at radius 2 is 1.20 bits per heavy atom. The lowest BCUT2D eigenvalue weighted by atomic mass is 9.96. The number of hydrogen-bond acceptors (Lipinski definition) is 14. The number of aliphatic hydroxyl groups is 8. The number of benzene rings is 2. The van der Waals surface area contributed by atoms with E-state index in [0.29, 0.717) is 11.1 Å². The molecule has 0 saturated carbocycles. The lowest BCUT2D eigenvalue weighted by Gasteiger charge is -2.39. The molecule has 2 fully saturated rings. The molecule has 11 atom stereocenters. The van der Waals surface area contributed by atoms with Gasteiger partial charge in [-0.1, -0.05) is 12.1 Å². The highest BCUT2D eigenvalue weighted by atomic mass is 16.7. The zero-order valence-corrected chi connectivity index (χ0v) is 21.5. The van der Waals surface area contributed by atoms with Crippen molar-refractivity contribution in [2.24, 2.45) is 0 Å². The Morgan fingerprint density at radius 3 is 1.73 bits per heavy atom. The maximum absolute atomic E-state index is 12.9. The third-order valence-corrected chi connectivity index (χ3v) is 7.35. The fourth-order valence-corrected chi connectivity index (χ4v) is 4.92. The maximum atomic E-state index is 12.9. The SMILES string of the molecule is O=C1C[C@H](c2ccc(O[C@@H]3O[C@H](CO)[C@@H](O)[C@H](O)[C@H]3O)cc2)Oc2cc(O[C@@H]3O[C@@H](CO)[C@@H](O)[C@H](O)[C@H]3O)ccc21. The van der Waals surface area contributed by atoms with Crippen molar-refractivity contribution in [2.75, 3.05) is 13.2 Å². The number of ketones is 1. The average Bonchev–Trinajstić information content (AvgIpc) is 2.97. The first-order valence-corrected chi connectivity index (χ1v) is 13.0. The van der Waals surface area contributed by atoms with E-state index in [4.69, 9.17) is 23.7 Å². The van der Waals surface area contributed by atoms with Crippen molar-refractivity contribution in [3.05, 3.63) is 53.6 Å². The number of hydrogen-bond donors (Lipinski definition) is 8. The average molecular weight is 581 g/mol. The molecule has 3 heterocycles. The second kappa shape index (κ2) is 12.1. The summed E-state index contributed by atoms with van der Waals surface area (Å²) in [7, 11) is 0. The summed E-state index contributed by atoms with van der Waals surface area (Å²) in [4.78, 5) is 12.9. The molecule has 0 radical (unpaired) electrons. The van der Waals surface area contributed by atoms with Gasteiger partial charge in [0.1, 0.15) is 72.2 Å². The lowest BCUT2D eigenvalue weighted by Crippen LogP contribution is -2.60. The predicted molar refractivity (Wildman–Crippen MR) is 134 cm³/mol. The Labute approximate surface area is 233 Å². The van der Waals surface area contributed by atoms with Crippen LogP contribution in [0.1, 0.15) is 28.4 Å². The first kappa shape index (κ1) is 29.6. The summed E-state index contributed by atoms with van der Waals surface area (Å²) in [6, 6.07) is 10.7. The predicted octanol–water partition coefficient (Wildman–Crippen LogP) is -2.25. The van der Waals surface area contributed by atoms with Gasteiger partial charge in [0.2, 0.25) is 12.6 Å². The summed E-state index contributed by atoms with van der Waals surface area (Å²) in [5.74, 6) is 0.396. The van der Waals surface area contributed by atoms with Crippen LogP contribution in [0.25, 0.3) is 0 Å². The molecule has 8 N–H and O–H groups in total. The van der Waals surface area contributed by atoms with Crippen LogP contribution in [0.3, 0.4) is 0 Å². The molecule has 0 unspecified atom stereocenters. The van der Waals surface area contributed by atoms with Crippen molar-refractivity contribution in [1.82, 2.24) is 0 Å². The van der Waals surface area contributed by atoms with Crippen molar-refractivity contribution in [1.29, 1.82) is 0 Å². The van der Waals surface area contributed by atoms with Crippen molar-refractivity contribution in [3.63, 3.8) is 0 Å². The molecule has 41 heavy (non-hydrogen) atoms. The molecule has 3 aliphatic rings. The highest BCUT2D eigenvalue weighted by molar-refractivity contribution is 6.00. The number of aliphatic hydroxyl groups excluding tert-OH is 8. The molecule has 0 aromatic heterocycles. The van der Waals surface area contributed by atoms with Crippen LogP contribution in [0, 0.1) is 0 Å². The van der Waals surface area contributed by atoms with E-state index in [9.17, 15) is 45.6 Å². The molecule has 3 aliphatic heterocycles. The Kier molecular flexibility index (Phi) is 8.77.